The van der Waals surface area contributed by atoms with E-state index in [0.717, 1.165) is 12.8 Å². The molecule has 19 heavy (non-hydrogen) atoms. The Bertz CT molecular complexity index is 423. The van der Waals surface area contributed by atoms with E-state index in [1.807, 2.05) is 18.2 Å². The Balaban J connectivity index is 1.93. The molecule has 0 spiro atoms. The van der Waals surface area contributed by atoms with E-state index in [4.69, 9.17) is 4.74 Å². The zero-order valence-electron chi connectivity index (χ0n) is 11.9. The first-order chi connectivity index (χ1) is 9.20. The van der Waals surface area contributed by atoms with Crippen LogP contribution in [0, 0.1) is 0 Å². The Morgan fingerprint density at radius 2 is 2.05 bits per heavy atom. The van der Waals surface area contributed by atoms with E-state index in [2.05, 4.69) is 18.7 Å². The van der Waals surface area contributed by atoms with Crippen LogP contribution >= 0.6 is 0 Å². The van der Waals surface area contributed by atoms with Crippen LogP contribution < -0.4 is 4.74 Å². The maximum absolute atomic E-state index is 11.1. The lowest BCUT2D eigenvalue weighted by Crippen LogP contribution is -2.25. The molecule has 0 atom stereocenters. The lowest BCUT2D eigenvalue weighted by molar-refractivity contribution is 0.111. The molecule has 0 aromatic heterocycles. The molecule has 1 aliphatic heterocycles. The van der Waals surface area contributed by atoms with Crippen LogP contribution in [0.2, 0.25) is 0 Å². The van der Waals surface area contributed by atoms with Crippen LogP contribution in [-0.2, 0) is 0 Å². The zero-order valence-corrected chi connectivity index (χ0v) is 11.9. The third kappa shape index (κ3) is 3.80. The van der Waals surface area contributed by atoms with Gasteiger partial charge < -0.3 is 4.74 Å². The summed E-state index contributed by atoms with van der Waals surface area (Å²) in [6, 6.07) is 5.90. The molecule has 1 aromatic rings. The minimum Gasteiger partial charge on any atom is -0.492 e. The Morgan fingerprint density at radius 1 is 1.32 bits per heavy atom. The number of likely N-dealkylation sites (tertiary alicyclic amines) is 1. The van der Waals surface area contributed by atoms with Crippen molar-refractivity contribution in [3.8, 4) is 5.75 Å². The quantitative estimate of drug-likeness (QED) is 0.737. The Kier molecular flexibility index (Phi) is 4.97. The first-order valence-electron chi connectivity index (χ1n) is 7.15. The molecular weight excluding hydrogens is 238 g/mol. The van der Waals surface area contributed by atoms with Gasteiger partial charge in [0.05, 0.1) is 5.56 Å². The van der Waals surface area contributed by atoms with E-state index in [1.165, 1.54) is 31.5 Å². The first kappa shape index (κ1) is 14.1. The molecule has 0 radical (unpaired) electrons. The smallest absolute Gasteiger partial charge is 0.153 e. The molecule has 0 bridgehead atoms. The molecule has 1 aromatic carbocycles. The molecule has 1 saturated heterocycles. The van der Waals surface area contributed by atoms with Gasteiger partial charge in [0, 0.05) is 6.54 Å². The van der Waals surface area contributed by atoms with Crippen LogP contribution in [0.4, 0.5) is 0 Å². The summed E-state index contributed by atoms with van der Waals surface area (Å²) in [5, 5.41) is 0. The highest BCUT2D eigenvalue weighted by atomic mass is 16.5. The Morgan fingerprint density at radius 3 is 2.68 bits per heavy atom. The van der Waals surface area contributed by atoms with Gasteiger partial charge in [-0.1, -0.05) is 19.9 Å². The fraction of sp³-hybridized carbons (Fsp3) is 0.562. The van der Waals surface area contributed by atoms with Gasteiger partial charge in [-0.25, -0.2) is 0 Å². The number of hydrogen-bond acceptors (Lipinski definition) is 3. The summed E-state index contributed by atoms with van der Waals surface area (Å²) in [6.07, 6.45) is 3.47. The van der Waals surface area contributed by atoms with Crippen molar-refractivity contribution in [2.45, 2.75) is 32.6 Å². The minimum absolute atomic E-state index is 0.428. The van der Waals surface area contributed by atoms with Crippen LogP contribution in [0.5, 0.6) is 5.75 Å². The predicted molar refractivity (Wildman–Crippen MR) is 77.1 cm³/mol. The summed E-state index contributed by atoms with van der Waals surface area (Å²) in [5.74, 6) is 1.14. The molecule has 2 rings (SSSR count). The summed E-state index contributed by atoms with van der Waals surface area (Å²) in [7, 11) is 0. The molecule has 3 nitrogen and oxygen atoms in total. The lowest BCUT2D eigenvalue weighted by Gasteiger charge is -2.16. The van der Waals surface area contributed by atoms with Crippen LogP contribution in [0.25, 0.3) is 0 Å². The van der Waals surface area contributed by atoms with E-state index < -0.39 is 0 Å². The van der Waals surface area contributed by atoms with Gasteiger partial charge >= 0.3 is 0 Å². The van der Waals surface area contributed by atoms with E-state index in [9.17, 15) is 4.79 Å². The molecule has 0 amide bonds. The largest absolute Gasteiger partial charge is 0.492 e. The van der Waals surface area contributed by atoms with Crippen LogP contribution in [0.1, 0.15) is 48.5 Å². The van der Waals surface area contributed by atoms with Gasteiger partial charge in [-0.3, -0.25) is 9.69 Å². The van der Waals surface area contributed by atoms with E-state index in [1.54, 1.807) is 0 Å². The zero-order chi connectivity index (χ0) is 13.7. The molecular formula is C16H23NO2. The lowest BCUT2D eigenvalue weighted by atomic mass is 10.0. The number of carbonyl (C=O) groups excluding carboxylic acids is 1. The van der Waals surface area contributed by atoms with Gasteiger partial charge in [-0.15, -0.1) is 0 Å². The molecule has 104 valence electrons. The summed E-state index contributed by atoms with van der Waals surface area (Å²) >= 11 is 0. The van der Waals surface area contributed by atoms with Crippen molar-refractivity contribution in [1.29, 1.82) is 0 Å². The number of benzene rings is 1. The Hall–Kier alpha value is -1.35. The van der Waals surface area contributed by atoms with E-state index in [-0.39, 0.29) is 0 Å². The van der Waals surface area contributed by atoms with Crippen LogP contribution in [-0.4, -0.2) is 37.4 Å². The summed E-state index contributed by atoms with van der Waals surface area (Å²) < 4.78 is 5.75. The van der Waals surface area contributed by atoms with Gasteiger partial charge in [0.15, 0.2) is 6.29 Å². The molecule has 1 heterocycles. The number of rotatable bonds is 6. The van der Waals surface area contributed by atoms with Gasteiger partial charge in [0.2, 0.25) is 0 Å². The molecule has 3 heteroatoms. The average Bonchev–Trinajstić information content (AvgIpc) is 2.92. The van der Waals surface area contributed by atoms with Crippen molar-refractivity contribution in [1.82, 2.24) is 4.90 Å². The van der Waals surface area contributed by atoms with Crippen LogP contribution in [0.3, 0.4) is 0 Å². The first-order valence-corrected chi connectivity index (χ1v) is 7.15. The second kappa shape index (κ2) is 6.71. The highest BCUT2D eigenvalue weighted by Gasteiger charge is 2.12. The van der Waals surface area contributed by atoms with Crippen molar-refractivity contribution in [2.75, 3.05) is 26.2 Å². The van der Waals surface area contributed by atoms with Crippen molar-refractivity contribution in [3.05, 3.63) is 29.3 Å². The van der Waals surface area contributed by atoms with Crippen molar-refractivity contribution in [3.63, 3.8) is 0 Å². The van der Waals surface area contributed by atoms with Gasteiger partial charge in [-0.05, 0) is 49.5 Å². The monoisotopic (exact) mass is 261 g/mol. The minimum atomic E-state index is 0.428. The normalized spacial score (nSPS) is 15.9. The fourth-order valence-electron chi connectivity index (χ4n) is 2.44. The molecule has 0 aliphatic carbocycles. The van der Waals surface area contributed by atoms with Gasteiger partial charge in [-0.2, -0.15) is 0 Å². The van der Waals surface area contributed by atoms with E-state index >= 15 is 0 Å². The summed E-state index contributed by atoms with van der Waals surface area (Å²) in [6.45, 7) is 8.20. The van der Waals surface area contributed by atoms with E-state index in [0.29, 0.717) is 23.8 Å². The van der Waals surface area contributed by atoms with Crippen molar-refractivity contribution < 1.29 is 9.53 Å². The molecule has 1 aliphatic rings. The third-order valence-corrected chi connectivity index (χ3v) is 3.69. The maximum atomic E-state index is 11.1. The molecule has 0 N–H and O–H groups in total. The molecule has 1 fully saturated rings. The number of carbonyl (C=O) groups is 1. The number of ether oxygens (including phenoxy) is 1. The second-order valence-electron chi connectivity index (χ2n) is 5.47. The van der Waals surface area contributed by atoms with Crippen LogP contribution in [0.15, 0.2) is 18.2 Å². The number of nitrogens with zero attached hydrogens (tertiary/aromatic N) is 1. The number of hydrogen-bond donors (Lipinski definition) is 0. The van der Waals surface area contributed by atoms with Crippen molar-refractivity contribution in [2.24, 2.45) is 0 Å². The topological polar surface area (TPSA) is 29.5 Å². The SMILES string of the molecule is CC(C)c1ccc(OCCN2CCCC2)c(C=O)c1. The van der Waals surface area contributed by atoms with Gasteiger partial charge in [0.1, 0.15) is 12.4 Å². The highest BCUT2D eigenvalue weighted by molar-refractivity contribution is 5.79. The number of aldehydes is 1. The van der Waals surface area contributed by atoms with Gasteiger partial charge in [0.25, 0.3) is 0 Å². The molecule has 0 saturated carbocycles. The second-order valence-corrected chi connectivity index (χ2v) is 5.47. The average molecular weight is 261 g/mol. The third-order valence-electron chi connectivity index (χ3n) is 3.69. The highest BCUT2D eigenvalue weighted by Crippen LogP contribution is 2.23. The summed E-state index contributed by atoms with van der Waals surface area (Å²) in [5.41, 5.74) is 1.83. The molecule has 0 unspecified atom stereocenters. The standard InChI is InChI=1S/C16H23NO2/c1-13(2)14-5-6-16(15(11-14)12-18)19-10-9-17-7-3-4-8-17/h5-6,11-13H,3-4,7-10H2,1-2H3. The Labute approximate surface area is 115 Å². The maximum Gasteiger partial charge on any atom is 0.153 e. The fourth-order valence-corrected chi connectivity index (χ4v) is 2.44. The summed E-state index contributed by atoms with van der Waals surface area (Å²) in [4.78, 5) is 13.5. The predicted octanol–water partition coefficient (Wildman–Crippen LogP) is 3.10. The van der Waals surface area contributed by atoms with Crippen molar-refractivity contribution >= 4 is 6.29 Å².